The van der Waals surface area contributed by atoms with Crippen molar-refractivity contribution in [3.8, 4) is 6.07 Å². The van der Waals surface area contributed by atoms with Gasteiger partial charge in [0.2, 0.25) is 0 Å². The van der Waals surface area contributed by atoms with Gasteiger partial charge in [0.15, 0.2) is 5.82 Å². The molecule has 0 spiro atoms. The molecule has 1 saturated carbocycles. The molecule has 0 bridgehead atoms. The molecule has 1 heterocycles. The first-order valence-corrected chi connectivity index (χ1v) is 7.15. The van der Waals surface area contributed by atoms with E-state index in [0.717, 1.165) is 17.8 Å². The molecule has 1 aromatic heterocycles. The van der Waals surface area contributed by atoms with E-state index in [9.17, 15) is 5.26 Å². The molecule has 0 radical (unpaired) electrons. The van der Waals surface area contributed by atoms with Crippen molar-refractivity contribution in [3.05, 3.63) is 16.8 Å². The molecule has 0 saturated heterocycles. The lowest BCUT2D eigenvalue weighted by molar-refractivity contribution is 0.172. The molecule has 5 heteroatoms. The van der Waals surface area contributed by atoms with Gasteiger partial charge < -0.3 is 10.2 Å². The summed E-state index contributed by atoms with van der Waals surface area (Å²) in [7, 11) is 4.26. The molecule has 1 aromatic rings. The van der Waals surface area contributed by atoms with E-state index in [1.165, 1.54) is 25.7 Å². The van der Waals surface area contributed by atoms with E-state index >= 15 is 0 Å². The van der Waals surface area contributed by atoms with Crippen molar-refractivity contribution in [3.63, 3.8) is 0 Å². The maximum atomic E-state index is 9.32. The van der Waals surface area contributed by atoms with Crippen molar-refractivity contribution >= 4 is 5.82 Å². The van der Waals surface area contributed by atoms with E-state index in [4.69, 9.17) is 0 Å². The van der Waals surface area contributed by atoms with Crippen molar-refractivity contribution in [2.24, 2.45) is 0 Å². The van der Waals surface area contributed by atoms with Gasteiger partial charge in [-0.1, -0.05) is 12.8 Å². The Kier molecular flexibility index (Phi) is 4.24. The van der Waals surface area contributed by atoms with Gasteiger partial charge in [-0.15, -0.1) is 5.10 Å². The highest BCUT2D eigenvalue weighted by atomic mass is 15.2. The molecule has 0 aliphatic heterocycles. The van der Waals surface area contributed by atoms with Crippen LogP contribution in [-0.4, -0.2) is 41.3 Å². The normalized spacial score (nSPS) is 17.2. The lowest BCUT2D eigenvalue weighted by atomic mass is 9.96. The molecule has 1 aliphatic rings. The summed E-state index contributed by atoms with van der Waals surface area (Å²) in [6.07, 6.45) is 4.91. The van der Waals surface area contributed by atoms with Crippen molar-refractivity contribution in [1.82, 2.24) is 15.1 Å². The first-order chi connectivity index (χ1) is 9.50. The fourth-order valence-electron chi connectivity index (χ4n) is 2.93. The number of hydrogen-bond donors (Lipinski definition) is 1. The summed E-state index contributed by atoms with van der Waals surface area (Å²) in [6, 6.07) is 2.24. The minimum absolute atomic E-state index is 0.174. The van der Waals surface area contributed by atoms with E-state index < -0.39 is 0 Å². The molecule has 1 fully saturated rings. The van der Waals surface area contributed by atoms with Crippen LogP contribution in [0.4, 0.5) is 5.82 Å². The molecule has 20 heavy (non-hydrogen) atoms. The smallest absolute Gasteiger partial charge is 0.166 e. The van der Waals surface area contributed by atoms with Crippen molar-refractivity contribution < 1.29 is 0 Å². The number of likely N-dealkylation sites (N-methyl/N-ethyl adjacent to an activating group) is 1. The number of aryl methyl sites for hydroxylation is 1. The Bertz CT molecular complexity index is 524. The second-order valence-electron chi connectivity index (χ2n) is 5.93. The number of nitriles is 1. The number of nitrogens with zero attached hydrogens (tertiary/aromatic N) is 4. The van der Waals surface area contributed by atoms with Gasteiger partial charge in [-0.05, 0) is 46.3 Å². The third-order valence-corrected chi connectivity index (χ3v) is 4.63. The zero-order valence-corrected chi connectivity index (χ0v) is 12.8. The Hall–Kier alpha value is -1.67. The van der Waals surface area contributed by atoms with Crippen molar-refractivity contribution in [2.45, 2.75) is 45.1 Å². The van der Waals surface area contributed by atoms with Crippen LogP contribution in [0, 0.1) is 25.2 Å². The molecule has 108 valence electrons. The molecule has 2 rings (SSSR count). The highest BCUT2D eigenvalue weighted by Crippen LogP contribution is 2.34. The summed E-state index contributed by atoms with van der Waals surface area (Å²) >= 11 is 0. The third kappa shape index (κ3) is 2.61. The number of nitrogens with one attached hydrogen (secondary N) is 1. The van der Waals surface area contributed by atoms with Crippen LogP contribution in [0.3, 0.4) is 0 Å². The van der Waals surface area contributed by atoms with Crippen LogP contribution in [0.25, 0.3) is 0 Å². The second-order valence-corrected chi connectivity index (χ2v) is 5.93. The lowest BCUT2D eigenvalue weighted by Crippen LogP contribution is -2.47. The Morgan fingerprint density at radius 3 is 2.45 bits per heavy atom. The van der Waals surface area contributed by atoms with Crippen LogP contribution in [-0.2, 0) is 0 Å². The largest absolute Gasteiger partial charge is 0.366 e. The van der Waals surface area contributed by atoms with Crippen LogP contribution >= 0.6 is 0 Å². The van der Waals surface area contributed by atoms with E-state index in [1.807, 2.05) is 13.8 Å². The standard InChI is InChI=1S/C15H23N5/c1-11-12(2)18-19-14(13(11)9-16)17-10-15(20(3)4)7-5-6-8-15/h5-8,10H2,1-4H3,(H,17,19). The summed E-state index contributed by atoms with van der Waals surface area (Å²) in [5, 5.41) is 21.0. The predicted octanol–water partition coefficient (Wildman–Crippen LogP) is 2.25. The van der Waals surface area contributed by atoms with Gasteiger partial charge in [0.25, 0.3) is 0 Å². The number of hydrogen-bond acceptors (Lipinski definition) is 5. The summed E-state index contributed by atoms with van der Waals surface area (Å²) in [4.78, 5) is 2.30. The highest BCUT2D eigenvalue weighted by Gasteiger charge is 2.36. The van der Waals surface area contributed by atoms with Crippen LogP contribution in [0.1, 0.15) is 42.5 Å². The monoisotopic (exact) mass is 273 g/mol. The lowest BCUT2D eigenvalue weighted by Gasteiger charge is -2.36. The summed E-state index contributed by atoms with van der Waals surface area (Å²) in [5.74, 6) is 0.615. The van der Waals surface area contributed by atoms with Crippen molar-refractivity contribution in [2.75, 3.05) is 26.0 Å². The first-order valence-electron chi connectivity index (χ1n) is 7.15. The number of aromatic nitrogens is 2. The summed E-state index contributed by atoms with van der Waals surface area (Å²) in [6.45, 7) is 4.61. The Labute approximate surface area is 121 Å². The Morgan fingerprint density at radius 2 is 1.90 bits per heavy atom. The molecular formula is C15H23N5. The van der Waals surface area contributed by atoms with E-state index in [0.29, 0.717) is 11.4 Å². The van der Waals surface area contributed by atoms with Gasteiger partial charge in [-0.2, -0.15) is 10.4 Å². The van der Waals surface area contributed by atoms with E-state index in [1.54, 1.807) is 0 Å². The molecule has 1 aliphatic carbocycles. The number of anilines is 1. The average molecular weight is 273 g/mol. The molecule has 5 nitrogen and oxygen atoms in total. The second kappa shape index (κ2) is 5.76. The fourth-order valence-corrected chi connectivity index (χ4v) is 2.93. The Balaban J connectivity index is 2.19. The number of rotatable bonds is 4. The maximum Gasteiger partial charge on any atom is 0.166 e. The maximum absolute atomic E-state index is 9.32. The van der Waals surface area contributed by atoms with Crippen LogP contribution in [0.15, 0.2) is 0 Å². The van der Waals surface area contributed by atoms with Crippen molar-refractivity contribution in [1.29, 1.82) is 5.26 Å². The SMILES string of the molecule is Cc1nnc(NCC2(N(C)C)CCCC2)c(C#N)c1C. The van der Waals surface area contributed by atoms with Gasteiger partial charge in [0, 0.05) is 12.1 Å². The summed E-state index contributed by atoms with van der Waals surface area (Å²) < 4.78 is 0. The zero-order valence-electron chi connectivity index (χ0n) is 12.8. The first kappa shape index (κ1) is 14.7. The third-order valence-electron chi connectivity index (χ3n) is 4.63. The van der Waals surface area contributed by atoms with Crippen LogP contribution < -0.4 is 5.32 Å². The fraction of sp³-hybridized carbons (Fsp3) is 0.667. The van der Waals surface area contributed by atoms with E-state index in [-0.39, 0.29) is 5.54 Å². The zero-order chi connectivity index (χ0) is 14.8. The summed E-state index contributed by atoms with van der Waals surface area (Å²) in [5.41, 5.74) is 2.52. The van der Waals surface area contributed by atoms with Gasteiger partial charge in [0.1, 0.15) is 11.6 Å². The quantitative estimate of drug-likeness (QED) is 0.911. The molecule has 0 aromatic carbocycles. The van der Waals surface area contributed by atoms with Crippen LogP contribution in [0.2, 0.25) is 0 Å². The minimum Gasteiger partial charge on any atom is -0.366 e. The highest BCUT2D eigenvalue weighted by molar-refractivity contribution is 5.55. The molecule has 1 N–H and O–H groups in total. The van der Waals surface area contributed by atoms with Gasteiger partial charge in [-0.25, -0.2) is 0 Å². The minimum atomic E-state index is 0.174. The predicted molar refractivity (Wildman–Crippen MR) is 79.6 cm³/mol. The van der Waals surface area contributed by atoms with Gasteiger partial charge >= 0.3 is 0 Å². The molecular weight excluding hydrogens is 250 g/mol. The molecule has 0 amide bonds. The van der Waals surface area contributed by atoms with E-state index in [2.05, 4.69) is 40.6 Å². The van der Waals surface area contributed by atoms with Gasteiger partial charge in [0.05, 0.1) is 5.69 Å². The van der Waals surface area contributed by atoms with Crippen LogP contribution in [0.5, 0.6) is 0 Å². The van der Waals surface area contributed by atoms with Gasteiger partial charge in [-0.3, -0.25) is 0 Å². The molecule has 0 unspecified atom stereocenters. The molecule has 0 atom stereocenters. The average Bonchev–Trinajstić information content (AvgIpc) is 2.90. The topological polar surface area (TPSA) is 64.8 Å². The Morgan fingerprint density at radius 1 is 1.25 bits per heavy atom.